The number of rotatable bonds is 3. The Bertz CT molecular complexity index is 1500. The van der Waals surface area contributed by atoms with Gasteiger partial charge in [0.2, 0.25) is 0 Å². The van der Waals surface area contributed by atoms with E-state index in [9.17, 15) is 0 Å². The maximum absolute atomic E-state index is 4.90. The molecule has 0 spiro atoms. The highest BCUT2D eigenvalue weighted by Crippen LogP contribution is 2.42. The summed E-state index contributed by atoms with van der Waals surface area (Å²) in [6, 6.07) is 26.9. The molecular weight excluding hydrogens is 418 g/mol. The molecule has 0 aliphatic carbocycles. The molecule has 0 atom stereocenters. The first kappa shape index (κ1) is 22.0. The van der Waals surface area contributed by atoms with Crippen LogP contribution in [0.3, 0.4) is 0 Å². The molecule has 1 aromatic heterocycles. The van der Waals surface area contributed by atoms with Crippen molar-refractivity contribution >= 4 is 42.3 Å². The third-order valence-corrected chi connectivity index (χ3v) is 7.60. The second kappa shape index (κ2) is 7.88. The van der Waals surface area contributed by atoms with Crippen molar-refractivity contribution in [3.05, 3.63) is 90.1 Å². The molecule has 4 aromatic carbocycles. The van der Waals surface area contributed by atoms with Gasteiger partial charge in [-0.3, -0.25) is 4.98 Å². The van der Waals surface area contributed by atoms with E-state index in [4.69, 9.17) is 4.98 Å². The lowest BCUT2D eigenvalue weighted by molar-refractivity contribution is 0.596. The average Bonchev–Trinajstić information content (AvgIpc) is 2.76. The minimum Gasteiger partial charge on any atom is -0.256 e. The minimum atomic E-state index is -0.625. The van der Waals surface area contributed by atoms with Gasteiger partial charge in [0.25, 0.3) is 0 Å². The Labute approximate surface area is 199 Å². The van der Waals surface area contributed by atoms with Gasteiger partial charge in [-0.1, -0.05) is 75.4 Å². The second-order valence-corrected chi connectivity index (χ2v) is 15.5. The molecule has 0 saturated heterocycles. The fourth-order valence-electron chi connectivity index (χ4n) is 4.98. The summed E-state index contributed by atoms with van der Waals surface area (Å²) in [6.45, 7) is 6.88. The van der Waals surface area contributed by atoms with Gasteiger partial charge in [0.1, 0.15) is 0 Å². The van der Waals surface area contributed by atoms with Gasteiger partial charge < -0.3 is 0 Å². The summed E-state index contributed by atoms with van der Waals surface area (Å²) in [7, 11) is -0.625. The first-order valence-electron chi connectivity index (χ1n) is 11.6. The summed E-state index contributed by atoms with van der Waals surface area (Å²) < 4.78 is 0. The first-order chi connectivity index (χ1) is 15.6. The van der Waals surface area contributed by atoms with E-state index in [0.29, 0.717) is 0 Å². The Hall–Kier alpha value is -2.84. The van der Waals surface area contributed by atoms with E-state index in [1.165, 1.54) is 49.0 Å². The van der Waals surface area contributed by atoms with Gasteiger partial charge in [0, 0.05) is 22.9 Å². The van der Waals surface area contributed by atoms with Crippen molar-refractivity contribution in [1.29, 1.82) is 0 Å². The highest BCUT2D eigenvalue weighted by atomic mass is 32.3. The number of fused-ring (bicyclic) bond motifs is 4. The zero-order valence-corrected chi connectivity index (χ0v) is 21.4. The van der Waals surface area contributed by atoms with E-state index >= 15 is 0 Å². The van der Waals surface area contributed by atoms with E-state index < -0.39 is 10.0 Å². The van der Waals surface area contributed by atoms with Gasteiger partial charge in [0.05, 0.1) is 5.69 Å². The predicted molar refractivity (Wildman–Crippen MR) is 150 cm³/mol. The molecule has 0 bridgehead atoms. The molecule has 1 nitrogen and oxygen atoms in total. The lowest BCUT2D eigenvalue weighted by atomic mass is 9.82. The summed E-state index contributed by atoms with van der Waals surface area (Å²) in [5.41, 5.74) is 5.13. The molecule has 0 fully saturated rings. The van der Waals surface area contributed by atoms with E-state index in [-0.39, 0.29) is 5.41 Å². The lowest BCUT2D eigenvalue weighted by Gasteiger charge is -2.26. The van der Waals surface area contributed by atoms with Gasteiger partial charge in [0.15, 0.2) is 0 Å². The second-order valence-electron chi connectivity index (χ2n) is 11.1. The van der Waals surface area contributed by atoms with Gasteiger partial charge in [-0.25, -0.2) is 10.0 Å². The van der Waals surface area contributed by atoms with Crippen LogP contribution in [-0.4, -0.2) is 23.8 Å². The third kappa shape index (κ3) is 4.13. The Morgan fingerprint density at radius 3 is 2.15 bits per heavy atom. The molecule has 0 radical (unpaired) electrons. The van der Waals surface area contributed by atoms with Crippen molar-refractivity contribution in [2.75, 3.05) is 18.8 Å². The van der Waals surface area contributed by atoms with Crippen LogP contribution in [0.25, 0.3) is 43.6 Å². The predicted octanol–water partition coefficient (Wildman–Crippen LogP) is 8.70. The summed E-state index contributed by atoms with van der Waals surface area (Å²) in [5, 5.41) is 7.81. The fourth-order valence-corrected chi connectivity index (χ4v) is 6.16. The number of nitrogens with zero attached hydrogens (tertiary/aromatic N) is 1. The summed E-state index contributed by atoms with van der Waals surface area (Å²) in [4.78, 5) is 4.90. The van der Waals surface area contributed by atoms with Crippen molar-refractivity contribution in [2.24, 2.45) is 0 Å². The molecule has 168 valence electrons. The molecule has 5 rings (SSSR count). The average molecular weight is 452 g/mol. The highest BCUT2D eigenvalue weighted by Gasteiger charge is 2.19. The van der Waals surface area contributed by atoms with Crippen LogP contribution in [0, 0.1) is 0 Å². The Morgan fingerprint density at radius 1 is 0.697 bits per heavy atom. The molecule has 0 saturated carbocycles. The standard InChI is InChI=1S/C31H33NS/c1-31(2,3)29-19-23(18-21-10-7-8-12-25(21)29)30-28-15-14-24-22(20-33(4,5)6)11-9-13-26(24)27(28)16-17-32-30/h7-19H,20H2,1-6H3. The zero-order valence-electron chi connectivity index (χ0n) is 20.6. The molecule has 33 heavy (non-hydrogen) atoms. The third-order valence-electron chi connectivity index (χ3n) is 6.43. The molecule has 0 aliphatic heterocycles. The van der Waals surface area contributed by atoms with Gasteiger partial charge in [-0.05, 0) is 80.4 Å². The van der Waals surface area contributed by atoms with Crippen molar-refractivity contribution in [3.8, 4) is 11.3 Å². The van der Waals surface area contributed by atoms with Crippen LogP contribution in [0.2, 0.25) is 0 Å². The van der Waals surface area contributed by atoms with Crippen molar-refractivity contribution in [2.45, 2.75) is 31.9 Å². The van der Waals surface area contributed by atoms with Crippen LogP contribution >= 0.6 is 10.0 Å². The summed E-state index contributed by atoms with van der Waals surface area (Å²) >= 11 is 0. The van der Waals surface area contributed by atoms with Gasteiger partial charge in [-0.2, -0.15) is 0 Å². The van der Waals surface area contributed by atoms with Crippen molar-refractivity contribution in [1.82, 2.24) is 4.98 Å². The molecule has 0 aliphatic rings. The Balaban J connectivity index is 1.77. The smallest absolute Gasteiger partial charge is 0.0780 e. The lowest BCUT2D eigenvalue weighted by Crippen LogP contribution is -2.12. The summed E-state index contributed by atoms with van der Waals surface area (Å²) in [6.07, 6.45) is 9.15. The van der Waals surface area contributed by atoms with Crippen LogP contribution < -0.4 is 0 Å². The quantitative estimate of drug-likeness (QED) is 0.250. The molecule has 2 heteroatoms. The van der Waals surface area contributed by atoms with Crippen LogP contribution in [0.1, 0.15) is 31.9 Å². The number of hydrogen-bond acceptors (Lipinski definition) is 1. The van der Waals surface area contributed by atoms with Crippen LogP contribution in [-0.2, 0) is 11.2 Å². The maximum Gasteiger partial charge on any atom is 0.0780 e. The molecular formula is C31H33NS. The van der Waals surface area contributed by atoms with Crippen LogP contribution in [0.5, 0.6) is 0 Å². The maximum atomic E-state index is 4.90. The Morgan fingerprint density at radius 2 is 1.39 bits per heavy atom. The zero-order chi connectivity index (χ0) is 23.4. The van der Waals surface area contributed by atoms with Gasteiger partial charge >= 0.3 is 0 Å². The normalized spacial score (nSPS) is 13.2. The molecule has 0 unspecified atom stereocenters. The van der Waals surface area contributed by atoms with Crippen molar-refractivity contribution < 1.29 is 0 Å². The number of benzene rings is 4. The van der Waals surface area contributed by atoms with Crippen LogP contribution in [0.15, 0.2) is 79.0 Å². The fraction of sp³-hybridized carbons (Fsp3) is 0.258. The highest BCUT2D eigenvalue weighted by molar-refractivity contribution is 8.31. The molecule has 0 amide bonds. The van der Waals surface area contributed by atoms with E-state index in [2.05, 4.69) is 112 Å². The summed E-state index contributed by atoms with van der Waals surface area (Å²) in [5.74, 6) is 1.15. The van der Waals surface area contributed by atoms with E-state index in [0.717, 1.165) is 11.4 Å². The largest absolute Gasteiger partial charge is 0.256 e. The Kier molecular flexibility index (Phi) is 5.25. The number of hydrogen-bond donors (Lipinski definition) is 0. The molecule has 1 heterocycles. The van der Waals surface area contributed by atoms with E-state index in [1.54, 1.807) is 0 Å². The van der Waals surface area contributed by atoms with Crippen molar-refractivity contribution in [3.63, 3.8) is 0 Å². The van der Waals surface area contributed by atoms with Crippen LogP contribution in [0.4, 0.5) is 0 Å². The minimum absolute atomic E-state index is 0.0527. The number of pyridine rings is 1. The first-order valence-corrected chi connectivity index (χ1v) is 14.6. The molecule has 0 N–H and O–H groups in total. The topological polar surface area (TPSA) is 12.9 Å². The van der Waals surface area contributed by atoms with E-state index in [1.807, 2.05) is 6.20 Å². The van der Waals surface area contributed by atoms with Gasteiger partial charge in [-0.15, -0.1) is 0 Å². The molecule has 5 aromatic rings. The monoisotopic (exact) mass is 451 g/mol. The number of aromatic nitrogens is 1. The SMILES string of the molecule is CC(C)(C)c1cc(-c2nccc3c2ccc2c(CS(C)(C)C)cccc23)cc2ccccc12.